The zero-order chi connectivity index (χ0) is 15.5. The summed E-state index contributed by atoms with van der Waals surface area (Å²) in [6, 6.07) is 19.3. The van der Waals surface area contributed by atoms with Crippen molar-refractivity contribution in [1.29, 1.82) is 0 Å². The standard InChI is InChI=1S/C22H17N/c1-2-7-17(8-3-1)18-12-14-19(15-13-18)20-9-6-10-21(20)22-11-4-5-16-23-22/h1-16,23H/b22-21-. The van der Waals surface area contributed by atoms with Crippen molar-refractivity contribution in [2.75, 3.05) is 0 Å². The van der Waals surface area contributed by atoms with Gasteiger partial charge in [0.25, 0.3) is 0 Å². The van der Waals surface area contributed by atoms with Crippen LogP contribution >= 0.6 is 0 Å². The van der Waals surface area contributed by atoms with Crippen molar-refractivity contribution in [3.05, 3.63) is 114 Å². The smallest absolute Gasteiger partial charge is 0.0459 e. The molecule has 23 heavy (non-hydrogen) atoms. The monoisotopic (exact) mass is 295 g/mol. The second kappa shape index (κ2) is 5.98. The van der Waals surface area contributed by atoms with E-state index in [9.17, 15) is 0 Å². The fourth-order valence-corrected chi connectivity index (χ4v) is 2.94. The Labute approximate surface area is 136 Å². The molecule has 110 valence electrons. The molecule has 2 aliphatic rings. The van der Waals surface area contributed by atoms with Crippen molar-refractivity contribution in [2.45, 2.75) is 0 Å². The highest BCUT2D eigenvalue weighted by molar-refractivity contribution is 5.88. The summed E-state index contributed by atoms with van der Waals surface area (Å²) in [7, 11) is 0. The van der Waals surface area contributed by atoms with Crippen LogP contribution in [0.2, 0.25) is 0 Å². The molecule has 0 aromatic heterocycles. The molecule has 4 rings (SSSR count). The molecule has 1 heterocycles. The van der Waals surface area contributed by atoms with Crippen molar-refractivity contribution in [2.24, 2.45) is 0 Å². The van der Waals surface area contributed by atoms with Crippen molar-refractivity contribution in [3.8, 4) is 11.1 Å². The summed E-state index contributed by atoms with van der Waals surface area (Å²) in [5.74, 6) is 0. The van der Waals surface area contributed by atoms with E-state index < -0.39 is 0 Å². The molecular formula is C22H17N. The Balaban J connectivity index is 1.66. The Morgan fingerprint density at radius 1 is 0.609 bits per heavy atom. The first-order chi connectivity index (χ1) is 11.4. The molecule has 0 spiro atoms. The minimum absolute atomic E-state index is 1.14. The van der Waals surface area contributed by atoms with Gasteiger partial charge in [-0.25, -0.2) is 0 Å². The van der Waals surface area contributed by atoms with Crippen molar-refractivity contribution >= 4 is 5.57 Å². The van der Waals surface area contributed by atoms with Gasteiger partial charge in [0, 0.05) is 17.5 Å². The van der Waals surface area contributed by atoms with Crippen LogP contribution in [-0.4, -0.2) is 0 Å². The predicted molar refractivity (Wildman–Crippen MR) is 97.4 cm³/mol. The van der Waals surface area contributed by atoms with Gasteiger partial charge in [-0.05, 0) is 34.4 Å². The van der Waals surface area contributed by atoms with Crippen molar-refractivity contribution < 1.29 is 0 Å². The number of hydrogen-bond acceptors (Lipinski definition) is 1. The van der Waals surface area contributed by atoms with Gasteiger partial charge in [-0.3, -0.25) is 0 Å². The average molecular weight is 295 g/mol. The SMILES string of the molecule is C1=CN/C(=C2/C=CC=C2c2ccc(-c3ccccc3)cc2)C=C1. The Morgan fingerprint density at radius 2 is 1.35 bits per heavy atom. The van der Waals surface area contributed by atoms with E-state index in [1.807, 2.05) is 18.3 Å². The van der Waals surface area contributed by atoms with E-state index in [1.54, 1.807) is 0 Å². The van der Waals surface area contributed by atoms with Gasteiger partial charge in [0.2, 0.25) is 0 Å². The van der Waals surface area contributed by atoms with Crippen LogP contribution in [-0.2, 0) is 0 Å². The minimum atomic E-state index is 1.14. The number of nitrogens with one attached hydrogen (secondary N) is 1. The van der Waals surface area contributed by atoms with Crippen LogP contribution in [0.25, 0.3) is 16.7 Å². The Morgan fingerprint density at radius 3 is 2.09 bits per heavy atom. The summed E-state index contributed by atoms with van der Waals surface area (Å²) >= 11 is 0. The van der Waals surface area contributed by atoms with E-state index in [2.05, 4.69) is 84.2 Å². The van der Waals surface area contributed by atoms with E-state index >= 15 is 0 Å². The van der Waals surface area contributed by atoms with Gasteiger partial charge in [-0.15, -0.1) is 0 Å². The Bertz CT molecular complexity index is 860. The zero-order valence-corrected chi connectivity index (χ0v) is 12.7. The Kier molecular flexibility index (Phi) is 3.53. The molecule has 2 aromatic carbocycles. The van der Waals surface area contributed by atoms with Gasteiger partial charge < -0.3 is 5.32 Å². The number of hydrogen-bond donors (Lipinski definition) is 1. The first-order valence-corrected chi connectivity index (χ1v) is 7.80. The maximum absolute atomic E-state index is 3.32. The van der Waals surface area contributed by atoms with Crippen LogP contribution in [0.4, 0.5) is 0 Å². The van der Waals surface area contributed by atoms with Gasteiger partial charge in [-0.1, -0.05) is 78.9 Å². The average Bonchev–Trinajstić information content (AvgIpc) is 3.13. The molecular weight excluding hydrogens is 278 g/mol. The summed E-state index contributed by atoms with van der Waals surface area (Å²) in [4.78, 5) is 0. The van der Waals surface area contributed by atoms with Crippen molar-refractivity contribution in [3.63, 3.8) is 0 Å². The molecule has 1 nitrogen and oxygen atoms in total. The molecule has 0 amide bonds. The number of benzene rings is 2. The van der Waals surface area contributed by atoms with Gasteiger partial charge in [-0.2, -0.15) is 0 Å². The maximum Gasteiger partial charge on any atom is 0.0459 e. The molecule has 0 bridgehead atoms. The second-order valence-corrected chi connectivity index (χ2v) is 5.57. The zero-order valence-electron chi connectivity index (χ0n) is 12.7. The minimum Gasteiger partial charge on any atom is -0.361 e. The third-order valence-electron chi connectivity index (χ3n) is 4.12. The largest absolute Gasteiger partial charge is 0.361 e. The summed E-state index contributed by atoms with van der Waals surface area (Å²) in [5.41, 5.74) is 7.36. The van der Waals surface area contributed by atoms with Crippen LogP contribution in [0.5, 0.6) is 0 Å². The summed E-state index contributed by atoms with van der Waals surface area (Å²) in [6.07, 6.45) is 14.6. The number of rotatable bonds is 2. The molecule has 0 radical (unpaired) electrons. The summed E-state index contributed by atoms with van der Waals surface area (Å²) < 4.78 is 0. The Hall–Kier alpha value is -3.06. The highest BCUT2D eigenvalue weighted by atomic mass is 14.9. The third kappa shape index (κ3) is 2.69. The summed E-state index contributed by atoms with van der Waals surface area (Å²) in [6.45, 7) is 0. The van der Waals surface area contributed by atoms with Gasteiger partial charge in [0.1, 0.15) is 0 Å². The second-order valence-electron chi connectivity index (χ2n) is 5.57. The molecule has 1 N–H and O–H groups in total. The maximum atomic E-state index is 3.32. The normalized spacial score (nSPS) is 18.9. The lowest BCUT2D eigenvalue weighted by Crippen LogP contribution is -2.08. The molecule has 0 unspecified atom stereocenters. The molecule has 1 heteroatoms. The van der Waals surface area contributed by atoms with Gasteiger partial charge in [0.15, 0.2) is 0 Å². The quantitative estimate of drug-likeness (QED) is 0.799. The molecule has 0 fully saturated rings. The van der Waals surface area contributed by atoms with Gasteiger partial charge in [0.05, 0.1) is 0 Å². The van der Waals surface area contributed by atoms with Crippen LogP contribution in [0, 0.1) is 0 Å². The van der Waals surface area contributed by atoms with E-state index in [0.29, 0.717) is 0 Å². The van der Waals surface area contributed by atoms with Crippen LogP contribution < -0.4 is 5.32 Å². The highest BCUT2D eigenvalue weighted by Crippen LogP contribution is 2.32. The third-order valence-corrected chi connectivity index (χ3v) is 4.12. The first kappa shape index (κ1) is 13.6. The molecule has 1 aliphatic carbocycles. The van der Waals surface area contributed by atoms with Crippen molar-refractivity contribution in [1.82, 2.24) is 5.32 Å². The van der Waals surface area contributed by atoms with E-state index in [-0.39, 0.29) is 0 Å². The fourth-order valence-electron chi connectivity index (χ4n) is 2.94. The fraction of sp³-hybridized carbons (Fsp3) is 0. The number of dihydropyridines is 1. The molecule has 0 saturated carbocycles. The molecule has 0 atom stereocenters. The van der Waals surface area contributed by atoms with Crippen LogP contribution in [0.15, 0.2) is 109 Å². The van der Waals surface area contributed by atoms with Crippen LogP contribution in [0.3, 0.4) is 0 Å². The van der Waals surface area contributed by atoms with E-state index in [4.69, 9.17) is 0 Å². The number of allylic oxidation sites excluding steroid dienone is 8. The van der Waals surface area contributed by atoms with Crippen LogP contribution in [0.1, 0.15) is 5.56 Å². The first-order valence-electron chi connectivity index (χ1n) is 7.80. The molecule has 1 aliphatic heterocycles. The lowest BCUT2D eigenvalue weighted by atomic mass is 9.96. The molecule has 2 aromatic rings. The van der Waals surface area contributed by atoms with E-state index in [0.717, 1.165) is 5.70 Å². The topological polar surface area (TPSA) is 12.0 Å². The predicted octanol–water partition coefficient (Wildman–Crippen LogP) is 5.23. The summed E-state index contributed by atoms with van der Waals surface area (Å²) in [5, 5.41) is 3.32. The molecule has 0 saturated heterocycles. The lowest BCUT2D eigenvalue weighted by Gasteiger charge is -2.13. The van der Waals surface area contributed by atoms with Gasteiger partial charge >= 0.3 is 0 Å². The van der Waals surface area contributed by atoms with E-state index in [1.165, 1.54) is 27.8 Å². The lowest BCUT2D eigenvalue weighted by molar-refractivity contribution is 1.08. The highest BCUT2D eigenvalue weighted by Gasteiger charge is 2.13.